The number of carbonyl (C=O) groups excluding carboxylic acids is 1. The number of benzene rings is 3. The molecule has 0 heterocycles. The van der Waals surface area contributed by atoms with E-state index in [1.165, 1.54) is 0 Å². The minimum atomic E-state index is -0.888. The van der Waals surface area contributed by atoms with Crippen LogP contribution in [0.25, 0.3) is 0 Å². The van der Waals surface area contributed by atoms with E-state index in [0.717, 1.165) is 48.9 Å². The highest BCUT2D eigenvalue weighted by Gasteiger charge is 2.11. The van der Waals surface area contributed by atoms with Crippen LogP contribution >= 0.6 is 23.2 Å². The third-order valence-corrected chi connectivity index (χ3v) is 5.47. The van der Waals surface area contributed by atoms with Gasteiger partial charge in [0.25, 0.3) is 5.91 Å². The number of hydrogen-bond acceptors (Lipinski definition) is 2. The molecule has 0 saturated carbocycles. The molecule has 3 rings (SSSR count). The largest absolute Gasteiger partial charge is 0.478 e. The van der Waals surface area contributed by atoms with Crippen LogP contribution in [-0.4, -0.2) is 17.0 Å². The second-order valence-corrected chi connectivity index (χ2v) is 8.17. The number of unbranched alkanes of at least 4 members (excludes halogenated alkanes) is 2. The van der Waals surface area contributed by atoms with Crippen molar-refractivity contribution >= 4 is 40.8 Å². The highest BCUT2D eigenvalue weighted by Crippen LogP contribution is 2.23. The summed E-state index contributed by atoms with van der Waals surface area (Å²) in [6.07, 6.45) is 4.34. The molecule has 0 aliphatic carbocycles. The van der Waals surface area contributed by atoms with Gasteiger partial charge < -0.3 is 10.4 Å². The van der Waals surface area contributed by atoms with E-state index in [-0.39, 0.29) is 5.91 Å². The minimum Gasteiger partial charge on any atom is -0.478 e. The first-order valence-electron chi connectivity index (χ1n) is 10.1. The first-order valence-corrected chi connectivity index (χ1v) is 10.9. The molecule has 3 aromatic rings. The average molecular weight is 456 g/mol. The van der Waals surface area contributed by atoms with Gasteiger partial charge in [0.1, 0.15) is 0 Å². The lowest BCUT2D eigenvalue weighted by Crippen LogP contribution is -2.13. The molecule has 0 aliphatic heterocycles. The van der Waals surface area contributed by atoms with Gasteiger partial charge in [-0.05, 0) is 67.1 Å². The van der Waals surface area contributed by atoms with Gasteiger partial charge in [-0.3, -0.25) is 4.79 Å². The van der Waals surface area contributed by atoms with Gasteiger partial charge in [-0.2, -0.15) is 0 Å². The van der Waals surface area contributed by atoms with Crippen molar-refractivity contribution in [2.24, 2.45) is 0 Å². The maximum absolute atomic E-state index is 12.6. The second-order valence-electron chi connectivity index (χ2n) is 7.29. The lowest BCUT2D eigenvalue weighted by molar-refractivity contribution is 0.0695. The Hall–Kier alpha value is -2.82. The summed E-state index contributed by atoms with van der Waals surface area (Å²) >= 11 is 12.0. The van der Waals surface area contributed by atoms with E-state index in [2.05, 4.69) is 5.32 Å². The summed E-state index contributed by atoms with van der Waals surface area (Å²) in [5, 5.41) is 13.1. The molecule has 0 radical (unpaired) electrons. The molecule has 0 saturated heterocycles. The average Bonchev–Trinajstić information content (AvgIpc) is 2.74. The molecule has 0 bridgehead atoms. The predicted molar refractivity (Wildman–Crippen MR) is 126 cm³/mol. The molecule has 2 N–H and O–H groups in total. The van der Waals surface area contributed by atoms with Crippen LogP contribution in [0.2, 0.25) is 10.0 Å². The van der Waals surface area contributed by atoms with Gasteiger partial charge in [0, 0.05) is 21.3 Å². The van der Waals surface area contributed by atoms with E-state index in [1.807, 2.05) is 36.4 Å². The zero-order valence-electron chi connectivity index (χ0n) is 16.9. The summed E-state index contributed by atoms with van der Waals surface area (Å²) in [4.78, 5) is 23.9. The molecule has 0 atom stereocenters. The topological polar surface area (TPSA) is 66.4 Å². The van der Waals surface area contributed by atoms with Crippen LogP contribution in [0.5, 0.6) is 0 Å². The molecule has 1 amide bonds. The predicted octanol–water partition coefficient (Wildman–Crippen LogP) is 6.90. The van der Waals surface area contributed by atoms with Crippen LogP contribution in [0.3, 0.4) is 0 Å². The number of amides is 1. The minimum absolute atomic E-state index is 0.262. The number of rotatable bonds is 9. The quantitative estimate of drug-likeness (QED) is 0.344. The van der Waals surface area contributed by atoms with Crippen LogP contribution in [0, 0.1) is 0 Å². The monoisotopic (exact) mass is 455 g/mol. The second kappa shape index (κ2) is 11.0. The summed E-state index contributed by atoms with van der Waals surface area (Å²) in [7, 11) is 0. The summed E-state index contributed by atoms with van der Waals surface area (Å²) in [6, 6.07) is 19.6. The SMILES string of the molecule is O=C(Nc1ccccc1CCCCCc1ccccc1C(=O)O)c1cc(Cl)cc(Cl)c1. The molecule has 0 spiro atoms. The normalized spacial score (nSPS) is 10.6. The Morgan fingerprint density at radius 1 is 0.774 bits per heavy atom. The van der Waals surface area contributed by atoms with Crippen molar-refractivity contribution in [3.8, 4) is 0 Å². The third-order valence-electron chi connectivity index (χ3n) is 5.03. The van der Waals surface area contributed by atoms with Gasteiger partial charge in [0.15, 0.2) is 0 Å². The number of carboxylic acids is 1. The fourth-order valence-corrected chi connectivity index (χ4v) is 4.02. The van der Waals surface area contributed by atoms with Crippen LogP contribution in [-0.2, 0) is 12.8 Å². The molecule has 0 unspecified atom stereocenters. The van der Waals surface area contributed by atoms with E-state index >= 15 is 0 Å². The molecule has 4 nitrogen and oxygen atoms in total. The van der Waals surface area contributed by atoms with Crippen molar-refractivity contribution in [1.29, 1.82) is 0 Å². The standard InChI is InChI=1S/C25H23Cl2NO3/c26-20-14-19(15-21(27)16-20)24(29)28-23-13-7-5-11-18(23)10-3-1-2-8-17-9-4-6-12-22(17)25(30)31/h4-7,9,11-16H,1-3,8,10H2,(H,28,29)(H,30,31). The number of aromatic carboxylic acids is 1. The van der Waals surface area contributed by atoms with Gasteiger partial charge in [-0.25, -0.2) is 4.79 Å². The lowest BCUT2D eigenvalue weighted by Gasteiger charge is -2.12. The zero-order valence-corrected chi connectivity index (χ0v) is 18.4. The summed E-state index contributed by atoms with van der Waals surface area (Å²) < 4.78 is 0. The smallest absolute Gasteiger partial charge is 0.335 e. The van der Waals surface area contributed by atoms with Gasteiger partial charge >= 0.3 is 5.97 Å². The number of aryl methyl sites for hydroxylation is 2. The molecule has 0 fully saturated rings. The number of para-hydroxylation sites is 1. The summed E-state index contributed by atoms with van der Waals surface area (Å²) in [5.74, 6) is -1.15. The van der Waals surface area contributed by atoms with Crippen molar-refractivity contribution in [2.75, 3.05) is 5.32 Å². The number of anilines is 1. The Labute approximate surface area is 191 Å². The number of halogens is 2. The molecular formula is C25H23Cl2NO3. The summed E-state index contributed by atoms with van der Waals surface area (Å²) in [6.45, 7) is 0. The van der Waals surface area contributed by atoms with Crippen LogP contribution < -0.4 is 5.32 Å². The Balaban J connectivity index is 1.55. The Morgan fingerprint density at radius 3 is 2.03 bits per heavy atom. The van der Waals surface area contributed by atoms with E-state index in [9.17, 15) is 14.7 Å². The Bertz CT molecular complexity index is 1060. The molecule has 0 aliphatic rings. The molecule has 3 aromatic carbocycles. The molecule has 0 aromatic heterocycles. The first-order chi connectivity index (χ1) is 14.9. The number of hydrogen-bond donors (Lipinski definition) is 2. The molecular weight excluding hydrogens is 433 g/mol. The Kier molecular flexibility index (Phi) is 8.10. The highest BCUT2D eigenvalue weighted by atomic mass is 35.5. The van der Waals surface area contributed by atoms with E-state index < -0.39 is 5.97 Å². The maximum Gasteiger partial charge on any atom is 0.335 e. The Morgan fingerprint density at radius 2 is 1.35 bits per heavy atom. The highest BCUT2D eigenvalue weighted by molar-refractivity contribution is 6.35. The van der Waals surface area contributed by atoms with Crippen molar-refractivity contribution in [3.05, 3.63) is 99.0 Å². The van der Waals surface area contributed by atoms with E-state index in [0.29, 0.717) is 21.2 Å². The van der Waals surface area contributed by atoms with Crippen LogP contribution in [0.15, 0.2) is 66.7 Å². The van der Waals surface area contributed by atoms with E-state index in [1.54, 1.807) is 30.3 Å². The molecule has 6 heteroatoms. The number of carboxylic acid groups (broad SMARTS) is 1. The first kappa shape index (κ1) is 22.9. The summed E-state index contributed by atoms with van der Waals surface area (Å²) in [5.41, 5.74) is 3.46. The van der Waals surface area contributed by atoms with Gasteiger partial charge in [0.2, 0.25) is 0 Å². The van der Waals surface area contributed by atoms with Gasteiger partial charge in [0.05, 0.1) is 5.56 Å². The lowest BCUT2D eigenvalue weighted by atomic mass is 9.99. The van der Waals surface area contributed by atoms with Crippen LogP contribution in [0.4, 0.5) is 5.69 Å². The van der Waals surface area contributed by atoms with Crippen molar-refractivity contribution in [3.63, 3.8) is 0 Å². The zero-order chi connectivity index (χ0) is 22.2. The maximum atomic E-state index is 12.6. The van der Waals surface area contributed by atoms with Crippen molar-refractivity contribution < 1.29 is 14.7 Å². The van der Waals surface area contributed by atoms with Gasteiger partial charge in [-0.1, -0.05) is 66.0 Å². The molecule has 160 valence electrons. The number of carbonyl (C=O) groups is 2. The fourth-order valence-electron chi connectivity index (χ4n) is 3.49. The van der Waals surface area contributed by atoms with Crippen molar-refractivity contribution in [1.82, 2.24) is 0 Å². The number of nitrogens with one attached hydrogen (secondary N) is 1. The molecule has 31 heavy (non-hydrogen) atoms. The van der Waals surface area contributed by atoms with Crippen LogP contribution in [0.1, 0.15) is 51.1 Å². The fraction of sp³-hybridized carbons (Fsp3) is 0.200. The van der Waals surface area contributed by atoms with Crippen molar-refractivity contribution in [2.45, 2.75) is 32.1 Å². The third kappa shape index (κ3) is 6.58. The van der Waals surface area contributed by atoms with E-state index in [4.69, 9.17) is 23.2 Å². The van der Waals surface area contributed by atoms with Gasteiger partial charge in [-0.15, -0.1) is 0 Å².